The summed E-state index contributed by atoms with van der Waals surface area (Å²) in [6, 6.07) is 4.34. The van der Waals surface area contributed by atoms with Crippen molar-refractivity contribution in [1.82, 2.24) is 10.3 Å². The normalized spacial score (nSPS) is 19.6. The summed E-state index contributed by atoms with van der Waals surface area (Å²) in [5, 5.41) is 3.45. The van der Waals surface area contributed by atoms with Crippen molar-refractivity contribution in [3.63, 3.8) is 0 Å². The van der Waals surface area contributed by atoms with E-state index in [9.17, 15) is 0 Å². The van der Waals surface area contributed by atoms with E-state index in [1.54, 1.807) is 0 Å². The van der Waals surface area contributed by atoms with E-state index >= 15 is 0 Å². The largest absolute Gasteiger partial charge is 0.317 e. The molecule has 1 aliphatic rings. The van der Waals surface area contributed by atoms with E-state index < -0.39 is 0 Å². The van der Waals surface area contributed by atoms with Crippen molar-refractivity contribution in [3.8, 4) is 0 Å². The third-order valence-electron chi connectivity index (χ3n) is 4.33. The van der Waals surface area contributed by atoms with Gasteiger partial charge in [0.2, 0.25) is 0 Å². The van der Waals surface area contributed by atoms with Gasteiger partial charge in [-0.2, -0.15) is 0 Å². The Morgan fingerprint density at radius 1 is 1.44 bits per heavy atom. The van der Waals surface area contributed by atoms with Gasteiger partial charge < -0.3 is 5.32 Å². The second-order valence-electron chi connectivity index (χ2n) is 6.08. The first-order valence-electron chi connectivity index (χ1n) is 7.29. The summed E-state index contributed by atoms with van der Waals surface area (Å²) in [6.45, 7) is 9.15. The van der Waals surface area contributed by atoms with Crippen molar-refractivity contribution in [2.45, 2.75) is 52.4 Å². The molecule has 0 aliphatic heterocycles. The van der Waals surface area contributed by atoms with Gasteiger partial charge in [0.1, 0.15) is 0 Å². The summed E-state index contributed by atoms with van der Waals surface area (Å²) in [5.41, 5.74) is 3.18. The number of aromatic nitrogens is 1. The minimum Gasteiger partial charge on any atom is -0.317 e. The Labute approximate surface area is 111 Å². The van der Waals surface area contributed by atoms with Crippen LogP contribution < -0.4 is 5.32 Å². The highest BCUT2D eigenvalue weighted by atomic mass is 14.8. The first-order valence-corrected chi connectivity index (χ1v) is 7.29. The van der Waals surface area contributed by atoms with E-state index in [2.05, 4.69) is 43.2 Å². The maximum Gasteiger partial charge on any atom is 0.0471 e. The summed E-state index contributed by atoms with van der Waals surface area (Å²) in [4.78, 5) is 4.67. The van der Waals surface area contributed by atoms with Crippen LogP contribution in [0.1, 0.15) is 57.2 Å². The molecule has 0 aromatic carbocycles. The SMILES string of the molecule is CCNCCC(C)(C)C1CCCc2cccnc21. The molecule has 1 aromatic rings. The van der Waals surface area contributed by atoms with Crippen LogP contribution in [0.25, 0.3) is 0 Å². The van der Waals surface area contributed by atoms with Crippen molar-refractivity contribution < 1.29 is 0 Å². The van der Waals surface area contributed by atoms with Crippen molar-refractivity contribution in [2.24, 2.45) is 5.41 Å². The van der Waals surface area contributed by atoms with Crippen LogP contribution in [0.3, 0.4) is 0 Å². The molecule has 18 heavy (non-hydrogen) atoms. The quantitative estimate of drug-likeness (QED) is 0.804. The Hall–Kier alpha value is -0.890. The minimum atomic E-state index is 0.339. The number of aryl methyl sites for hydroxylation is 1. The highest BCUT2D eigenvalue weighted by Crippen LogP contribution is 2.44. The van der Waals surface area contributed by atoms with E-state index in [0.717, 1.165) is 13.1 Å². The second kappa shape index (κ2) is 5.83. The van der Waals surface area contributed by atoms with Gasteiger partial charge in [-0.1, -0.05) is 26.8 Å². The number of hydrogen-bond acceptors (Lipinski definition) is 2. The highest BCUT2D eigenvalue weighted by Gasteiger charge is 2.34. The maximum absolute atomic E-state index is 4.67. The smallest absolute Gasteiger partial charge is 0.0471 e. The van der Waals surface area contributed by atoms with Crippen LogP contribution in [0.5, 0.6) is 0 Å². The molecule has 0 saturated heterocycles. The van der Waals surface area contributed by atoms with Gasteiger partial charge in [0.05, 0.1) is 0 Å². The van der Waals surface area contributed by atoms with Gasteiger partial charge in [0.15, 0.2) is 0 Å². The van der Waals surface area contributed by atoms with E-state index in [0.29, 0.717) is 11.3 Å². The molecule has 2 rings (SSSR count). The Morgan fingerprint density at radius 2 is 2.28 bits per heavy atom. The van der Waals surface area contributed by atoms with Gasteiger partial charge >= 0.3 is 0 Å². The van der Waals surface area contributed by atoms with Crippen molar-refractivity contribution in [2.75, 3.05) is 13.1 Å². The van der Waals surface area contributed by atoms with E-state index in [1.807, 2.05) is 6.20 Å². The average Bonchev–Trinajstić information content (AvgIpc) is 2.38. The number of hydrogen-bond donors (Lipinski definition) is 1. The van der Waals surface area contributed by atoms with E-state index in [-0.39, 0.29) is 0 Å². The van der Waals surface area contributed by atoms with Crippen LogP contribution in [-0.2, 0) is 6.42 Å². The lowest BCUT2D eigenvalue weighted by atomic mass is 9.68. The third kappa shape index (κ3) is 2.92. The summed E-state index contributed by atoms with van der Waals surface area (Å²) in [6.07, 6.45) is 7.00. The van der Waals surface area contributed by atoms with Crippen molar-refractivity contribution in [1.29, 1.82) is 0 Å². The van der Waals surface area contributed by atoms with Crippen LogP contribution in [0.15, 0.2) is 18.3 Å². The van der Waals surface area contributed by atoms with Crippen LogP contribution in [0.2, 0.25) is 0 Å². The average molecular weight is 246 g/mol. The van der Waals surface area contributed by atoms with Crippen LogP contribution in [-0.4, -0.2) is 18.1 Å². The van der Waals surface area contributed by atoms with Gasteiger partial charge in [-0.15, -0.1) is 0 Å². The molecular weight excluding hydrogens is 220 g/mol. The number of nitrogens with zero attached hydrogens (tertiary/aromatic N) is 1. The predicted molar refractivity (Wildman–Crippen MR) is 76.9 cm³/mol. The molecule has 2 heteroatoms. The third-order valence-corrected chi connectivity index (χ3v) is 4.33. The lowest BCUT2D eigenvalue weighted by Crippen LogP contribution is -2.30. The Balaban J connectivity index is 2.13. The molecule has 1 aliphatic carbocycles. The zero-order valence-corrected chi connectivity index (χ0v) is 12.0. The molecule has 1 aromatic heterocycles. The van der Waals surface area contributed by atoms with Gasteiger partial charge in [-0.25, -0.2) is 0 Å². The standard InChI is InChI=1S/C16H26N2/c1-4-17-12-10-16(2,3)14-9-5-7-13-8-6-11-18-15(13)14/h6,8,11,14,17H,4-5,7,9-10,12H2,1-3H3. The summed E-state index contributed by atoms with van der Waals surface area (Å²) in [7, 11) is 0. The maximum atomic E-state index is 4.67. The van der Waals surface area contributed by atoms with Crippen LogP contribution in [0, 0.1) is 5.41 Å². The second-order valence-corrected chi connectivity index (χ2v) is 6.08. The monoisotopic (exact) mass is 246 g/mol. The van der Waals surface area contributed by atoms with Crippen molar-refractivity contribution >= 4 is 0 Å². The van der Waals surface area contributed by atoms with Crippen LogP contribution in [0.4, 0.5) is 0 Å². The molecule has 1 heterocycles. The Kier molecular flexibility index (Phi) is 4.39. The Morgan fingerprint density at radius 3 is 3.06 bits per heavy atom. The molecule has 1 atom stereocenters. The van der Waals surface area contributed by atoms with Gasteiger partial charge in [0, 0.05) is 17.8 Å². The molecular formula is C16H26N2. The van der Waals surface area contributed by atoms with Gasteiger partial charge in [-0.3, -0.25) is 4.98 Å². The zero-order chi connectivity index (χ0) is 13.0. The lowest BCUT2D eigenvalue weighted by molar-refractivity contribution is 0.232. The number of nitrogens with one attached hydrogen (secondary N) is 1. The summed E-state index contributed by atoms with van der Waals surface area (Å²) < 4.78 is 0. The molecule has 0 amide bonds. The van der Waals surface area contributed by atoms with E-state index in [4.69, 9.17) is 0 Å². The zero-order valence-electron chi connectivity index (χ0n) is 12.0. The molecule has 0 spiro atoms. The number of pyridine rings is 1. The van der Waals surface area contributed by atoms with Crippen LogP contribution >= 0.6 is 0 Å². The topological polar surface area (TPSA) is 24.9 Å². The fourth-order valence-electron chi connectivity index (χ4n) is 3.13. The summed E-state index contributed by atoms with van der Waals surface area (Å²) in [5.74, 6) is 0.626. The van der Waals surface area contributed by atoms with Gasteiger partial charge in [-0.05, 0) is 55.8 Å². The fraction of sp³-hybridized carbons (Fsp3) is 0.688. The molecule has 0 fully saturated rings. The number of fused-ring (bicyclic) bond motifs is 1. The molecule has 0 saturated carbocycles. The minimum absolute atomic E-state index is 0.339. The molecule has 100 valence electrons. The van der Waals surface area contributed by atoms with E-state index in [1.165, 1.54) is 36.9 Å². The predicted octanol–water partition coefficient (Wildman–Crippen LogP) is 3.53. The molecule has 1 unspecified atom stereocenters. The molecule has 0 radical (unpaired) electrons. The highest BCUT2D eigenvalue weighted by molar-refractivity contribution is 5.27. The molecule has 0 bridgehead atoms. The Bertz CT molecular complexity index is 384. The first kappa shape index (κ1) is 13.5. The summed E-state index contributed by atoms with van der Waals surface area (Å²) >= 11 is 0. The molecule has 2 nitrogen and oxygen atoms in total. The molecule has 1 N–H and O–H groups in total. The van der Waals surface area contributed by atoms with Crippen molar-refractivity contribution in [3.05, 3.63) is 29.6 Å². The lowest BCUT2D eigenvalue weighted by Gasteiger charge is -2.37. The first-order chi connectivity index (χ1) is 8.65. The van der Waals surface area contributed by atoms with Gasteiger partial charge in [0.25, 0.3) is 0 Å². The number of rotatable bonds is 5. The fourth-order valence-corrected chi connectivity index (χ4v) is 3.13.